The van der Waals surface area contributed by atoms with Gasteiger partial charge in [-0.15, -0.1) is 0 Å². The van der Waals surface area contributed by atoms with E-state index in [1.54, 1.807) is 7.11 Å². The van der Waals surface area contributed by atoms with Gasteiger partial charge in [-0.25, -0.2) is 0 Å². The average Bonchev–Trinajstić information content (AvgIpc) is 3.44. The van der Waals surface area contributed by atoms with Crippen molar-refractivity contribution in [3.63, 3.8) is 0 Å². The standard InChI is InChI=1S/C22H30N4O2/c1-15(2)25-12-11-20-19(14-25)21(22(27)23-17-6-7-17)24-26(20)13-10-16-4-8-18(28-3)9-5-16/h4-5,8-9,15,17H,6-7,10-14H2,1-3H3,(H,23,27). The van der Waals surface area contributed by atoms with Crippen LogP contribution >= 0.6 is 0 Å². The minimum atomic E-state index is -0.00689. The lowest BCUT2D eigenvalue weighted by atomic mass is 10.0. The van der Waals surface area contributed by atoms with Gasteiger partial charge in [0.05, 0.1) is 7.11 Å². The molecule has 0 spiro atoms. The van der Waals surface area contributed by atoms with Crippen LogP contribution in [0.3, 0.4) is 0 Å². The monoisotopic (exact) mass is 382 g/mol. The number of benzene rings is 1. The van der Waals surface area contributed by atoms with Gasteiger partial charge in [0.15, 0.2) is 5.69 Å². The van der Waals surface area contributed by atoms with Crippen molar-refractivity contribution in [2.24, 2.45) is 0 Å². The van der Waals surface area contributed by atoms with E-state index >= 15 is 0 Å². The normalized spacial score (nSPS) is 16.9. The zero-order chi connectivity index (χ0) is 19.7. The number of aryl methyl sites for hydroxylation is 2. The molecule has 2 heterocycles. The van der Waals surface area contributed by atoms with Crippen LogP contribution in [0.2, 0.25) is 0 Å². The van der Waals surface area contributed by atoms with Gasteiger partial charge in [-0.05, 0) is 50.8 Å². The van der Waals surface area contributed by atoms with E-state index in [1.165, 1.54) is 11.3 Å². The maximum absolute atomic E-state index is 12.8. The molecule has 0 radical (unpaired) electrons. The molecule has 0 saturated heterocycles. The number of carbonyl (C=O) groups is 1. The summed E-state index contributed by atoms with van der Waals surface area (Å²) in [5.41, 5.74) is 4.22. The molecule has 6 heteroatoms. The van der Waals surface area contributed by atoms with Gasteiger partial charge in [-0.1, -0.05) is 12.1 Å². The van der Waals surface area contributed by atoms with Crippen molar-refractivity contribution in [1.29, 1.82) is 0 Å². The highest BCUT2D eigenvalue weighted by molar-refractivity contribution is 5.94. The van der Waals surface area contributed by atoms with Gasteiger partial charge >= 0.3 is 0 Å². The third-order valence-corrected chi connectivity index (χ3v) is 5.79. The zero-order valence-electron chi connectivity index (χ0n) is 17.1. The molecule has 0 unspecified atom stereocenters. The maximum atomic E-state index is 12.8. The number of ether oxygens (including phenoxy) is 1. The van der Waals surface area contributed by atoms with E-state index in [0.717, 1.165) is 56.6 Å². The molecule has 2 aromatic rings. The Hall–Kier alpha value is -2.34. The Balaban J connectivity index is 1.55. The maximum Gasteiger partial charge on any atom is 0.272 e. The first-order valence-electron chi connectivity index (χ1n) is 10.3. The molecule has 4 rings (SSSR count). The van der Waals surface area contributed by atoms with Crippen molar-refractivity contribution in [3.8, 4) is 5.75 Å². The van der Waals surface area contributed by atoms with E-state index < -0.39 is 0 Å². The van der Waals surface area contributed by atoms with Crippen molar-refractivity contribution in [3.05, 3.63) is 46.8 Å². The fraction of sp³-hybridized carbons (Fsp3) is 0.545. The van der Waals surface area contributed by atoms with Gasteiger partial charge in [0.1, 0.15) is 5.75 Å². The van der Waals surface area contributed by atoms with Crippen LogP contribution < -0.4 is 10.1 Å². The van der Waals surface area contributed by atoms with Crippen LogP contribution in [-0.2, 0) is 25.9 Å². The van der Waals surface area contributed by atoms with E-state index in [9.17, 15) is 4.79 Å². The largest absolute Gasteiger partial charge is 0.497 e. The highest BCUT2D eigenvalue weighted by Gasteiger charge is 2.31. The van der Waals surface area contributed by atoms with Crippen molar-refractivity contribution in [2.75, 3.05) is 13.7 Å². The highest BCUT2D eigenvalue weighted by Crippen LogP contribution is 2.26. The molecule has 1 N–H and O–H groups in total. The minimum absolute atomic E-state index is 0.00689. The fourth-order valence-corrected chi connectivity index (χ4v) is 3.83. The quantitative estimate of drug-likeness (QED) is 0.800. The predicted octanol–water partition coefficient (Wildman–Crippen LogP) is 2.79. The summed E-state index contributed by atoms with van der Waals surface area (Å²) in [4.78, 5) is 15.2. The SMILES string of the molecule is COc1ccc(CCn2nc(C(=O)NC3CC3)c3c2CCN(C(C)C)C3)cc1. The molecule has 150 valence electrons. The lowest BCUT2D eigenvalue weighted by Gasteiger charge is -2.30. The topological polar surface area (TPSA) is 59.4 Å². The Labute approximate surface area is 166 Å². The summed E-state index contributed by atoms with van der Waals surface area (Å²) in [6, 6.07) is 8.98. The Kier molecular flexibility index (Phi) is 5.40. The lowest BCUT2D eigenvalue weighted by Crippen LogP contribution is -2.37. The molecule has 28 heavy (non-hydrogen) atoms. The fourth-order valence-electron chi connectivity index (χ4n) is 3.83. The first-order valence-corrected chi connectivity index (χ1v) is 10.3. The lowest BCUT2D eigenvalue weighted by molar-refractivity contribution is 0.0942. The summed E-state index contributed by atoms with van der Waals surface area (Å²) in [5, 5.41) is 7.89. The van der Waals surface area contributed by atoms with Crippen molar-refractivity contribution in [1.82, 2.24) is 20.0 Å². The van der Waals surface area contributed by atoms with E-state index in [1.807, 2.05) is 12.1 Å². The van der Waals surface area contributed by atoms with Gasteiger partial charge in [-0.3, -0.25) is 14.4 Å². The Bertz CT molecular complexity index is 837. The van der Waals surface area contributed by atoms with Gasteiger partial charge in [0, 0.05) is 49.4 Å². The molecule has 1 saturated carbocycles. The number of nitrogens with zero attached hydrogens (tertiary/aromatic N) is 3. The number of fused-ring (bicyclic) bond motifs is 1. The van der Waals surface area contributed by atoms with Crippen LogP contribution in [0.4, 0.5) is 0 Å². The minimum Gasteiger partial charge on any atom is -0.497 e. The first kappa shape index (κ1) is 19.0. The van der Waals surface area contributed by atoms with E-state index in [2.05, 4.69) is 40.9 Å². The van der Waals surface area contributed by atoms with Crippen molar-refractivity contribution in [2.45, 2.75) is 64.7 Å². The number of amides is 1. The molecule has 1 aliphatic carbocycles. The molecule has 1 aliphatic heterocycles. The zero-order valence-corrected chi connectivity index (χ0v) is 17.1. The Morgan fingerprint density at radius 1 is 1.29 bits per heavy atom. The second-order valence-electron chi connectivity index (χ2n) is 8.16. The molecular formula is C22H30N4O2. The molecule has 6 nitrogen and oxygen atoms in total. The average molecular weight is 383 g/mol. The van der Waals surface area contributed by atoms with Gasteiger partial charge in [0.25, 0.3) is 5.91 Å². The van der Waals surface area contributed by atoms with E-state index in [0.29, 0.717) is 17.8 Å². The number of hydrogen-bond acceptors (Lipinski definition) is 4. The number of carbonyl (C=O) groups excluding carboxylic acids is 1. The molecular weight excluding hydrogens is 352 g/mol. The van der Waals surface area contributed by atoms with Crippen molar-refractivity contribution < 1.29 is 9.53 Å². The van der Waals surface area contributed by atoms with Crippen LogP contribution in [0.1, 0.15) is 54.0 Å². The summed E-state index contributed by atoms with van der Waals surface area (Å²) in [6.07, 6.45) is 4.00. The molecule has 1 aromatic carbocycles. The van der Waals surface area contributed by atoms with Crippen LogP contribution in [0, 0.1) is 0 Å². The smallest absolute Gasteiger partial charge is 0.272 e. The van der Waals surface area contributed by atoms with Gasteiger partial charge < -0.3 is 10.1 Å². The Morgan fingerprint density at radius 3 is 2.68 bits per heavy atom. The van der Waals surface area contributed by atoms with Crippen LogP contribution in [0.25, 0.3) is 0 Å². The third-order valence-electron chi connectivity index (χ3n) is 5.79. The molecule has 1 fully saturated rings. The summed E-state index contributed by atoms with van der Waals surface area (Å²) >= 11 is 0. The van der Waals surface area contributed by atoms with Crippen LogP contribution in [0.5, 0.6) is 5.75 Å². The van der Waals surface area contributed by atoms with E-state index in [4.69, 9.17) is 9.84 Å². The molecule has 1 amide bonds. The second kappa shape index (κ2) is 7.95. The summed E-state index contributed by atoms with van der Waals surface area (Å²) < 4.78 is 7.30. The molecule has 0 bridgehead atoms. The first-order chi connectivity index (χ1) is 13.5. The second-order valence-corrected chi connectivity index (χ2v) is 8.16. The van der Waals surface area contributed by atoms with Crippen molar-refractivity contribution >= 4 is 5.91 Å². The predicted molar refractivity (Wildman–Crippen MR) is 109 cm³/mol. The number of rotatable bonds is 7. The van der Waals surface area contributed by atoms with Crippen LogP contribution in [0.15, 0.2) is 24.3 Å². The van der Waals surface area contributed by atoms with Gasteiger partial charge in [-0.2, -0.15) is 5.10 Å². The number of methoxy groups -OCH3 is 1. The summed E-state index contributed by atoms with van der Waals surface area (Å²) in [7, 11) is 1.68. The van der Waals surface area contributed by atoms with Crippen LogP contribution in [-0.4, -0.2) is 46.3 Å². The van der Waals surface area contributed by atoms with E-state index in [-0.39, 0.29) is 5.91 Å². The summed E-state index contributed by atoms with van der Waals surface area (Å²) in [6.45, 7) is 7.03. The van der Waals surface area contributed by atoms with Gasteiger partial charge in [0.2, 0.25) is 0 Å². The highest BCUT2D eigenvalue weighted by atomic mass is 16.5. The summed E-state index contributed by atoms with van der Waals surface area (Å²) in [5.74, 6) is 0.862. The molecule has 2 aliphatic rings. The molecule has 1 aromatic heterocycles. The Morgan fingerprint density at radius 2 is 2.04 bits per heavy atom. The number of aromatic nitrogens is 2. The number of nitrogens with one attached hydrogen (secondary N) is 1. The number of hydrogen-bond donors (Lipinski definition) is 1. The third kappa shape index (κ3) is 4.07. The molecule has 0 atom stereocenters.